The third kappa shape index (κ3) is 3.18. The van der Waals surface area contributed by atoms with E-state index in [4.69, 9.17) is 4.74 Å². The quantitative estimate of drug-likeness (QED) is 0.921. The first-order chi connectivity index (χ1) is 11.6. The Kier molecular flexibility index (Phi) is 4.90. The highest BCUT2D eigenvalue weighted by Crippen LogP contribution is 2.38. The van der Waals surface area contributed by atoms with E-state index in [1.54, 1.807) is 0 Å². The van der Waals surface area contributed by atoms with Gasteiger partial charge in [-0.3, -0.25) is 9.59 Å². The summed E-state index contributed by atoms with van der Waals surface area (Å²) in [6, 6.07) is 9.17. The van der Waals surface area contributed by atoms with Crippen molar-refractivity contribution in [3.05, 3.63) is 35.9 Å². The number of amides is 2. The van der Waals surface area contributed by atoms with Crippen LogP contribution >= 0.6 is 0 Å². The van der Waals surface area contributed by atoms with E-state index in [1.807, 2.05) is 35.2 Å². The van der Waals surface area contributed by atoms with Crippen molar-refractivity contribution in [3.63, 3.8) is 0 Å². The third-order valence-corrected chi connectivity index (χ3v) is 5.67. The molecule has 24 heavy (non-hydrogen) atoms. The molecule has 0 saturated carbocycles. The molecule has 0 radical (unpaired) electrons. The van der Waals surface area contributed by atoms with E-state index in [0.29, 0.717) is 0 Å². The Labute approximate surface area is 143 Å². The predicted octanol–water partition coefficient (Wildman–Crippen LogP) is 2.28. The highest BCUT2D eigenvalue weighted by molar-refractivity contribution is 5.86. The fourth-order valence-electron chi connectivity index (χ4n) is 3.82. The fraction of sp³-hybridized carbons (Fsp3) is 0.579. The van der Waals surface area contributed by atoms with Gasteiger partial charge in [-0.05, 0) is 30.2 Å². The van der Waals surface area contributed by atoms with E-state index in [2.05, 4.69) is 19.2 Å². The molecule has 2 amide bonds. The van der Waals surface area contributed by atoms with Crippen molar-refractivity contribution in [2.45, 2.75) is 45.3 Å². The lowest BCUT2D eigenvalue weighted by atomic mass is 9.82. The van der Waals surface area contributed by atoms with Crippen molar-refractivity contribution in [1.29, 1.82) is 0 Å². The molecule has 2 aliphatic heterocycles. The molecule has 2 fully saturated rings. The molecule has 130 valence electrons. The molecule has 2 aliphatic rings. The molecule has 2 heterocycles. The minimum absolute atomic E-state index is 0.00683. The number of nitrogens with one attached hydrogen (secondary N) is 1. The summed E-state index contributed by atoms with van der Waals surface area (Å²) < 4.78 is 5.66. The molecule has 0 spiro atoms. The second kappa shape index (κ2) is 6.93. The minimum atomic E-state index is -0.644. The fourth-order valence-corrected chi connectivity index (χ4v) is 3.82. The summed E-state index contributed by atoms with van der Waals surface area (Å²) in [5.74, 6) is -0.182. The number of benzene rings is 1. The summed E-state index contributed by atoms with van der Waals surface area (Å²) in [5.41, 5.74) is 1.14. The van der Waals surface area contributed by atoms with Crippen molar-refractivity contribution in [2.75, 3.05) is 19.7 Å². The van der Waals surface area contributed by atoms with Gasteiger partial charge in [-0.25, -0.2) is 0 Å². The van der Waals surface area contributed by atoms with Crippen molar-refractivity contribution >= 4 is 11.8 Å². The summed E-state index contributed by atoms with van der Waals surface area (Å²) in [5, 5.41) is 2.92. The van der Waals surface area contributed by atoms with Crippen LogP contribution < -0.4 is 5.32 Å². The SMILES string of the molecule is CCC1(CC)CCN(C(=O)[C@H]2OCC(=O)N[C@@H]2c2ccccc2)C1. The summed E-state index contributed by atoms with van der Waals surface area (Å²) in [6.07, 6.45) is 2.56. The van der Waals surface area contributed by atoms with Crippen LogP contribution in [-0.2, 0) is 14.3 Å². The van der Waals surface area contributed by atoms with Crippen molar-refractivity contribution < 1.29 is 14.3 Å². The molecule has 3 rings (SSSR count). The van der Waals surface area contributed by atoms with E-state index in [-0.39, 0.29) is 23.8 Å². The second-order valence-corrected chi connectivity index (χ2v) is 6.90. The van der Waals surface area contributed by atoms with Crippen LogP contribution in [0.5, 0.6) is 0 Å². The van der Waals surface area contributed by atoms with Gasteiger partial charge in [-0.1, -0.05) is 44.2 Å². The first-order valence-corrected chi connectivity index (χ1v) is 8.83. The van der Waals surface area contributed by atoms with E-state index in [9.17, 15) is 9.59 Å². The molecule has 0 bridgehead atoms. The van der Waals surface area contributed by atoms with Gasteiger partial charge < -0.3 is 15.0 Å². The maximum absolute atomic E-state index is 13.1. The predicted molar refractivity (Wildman–Crippen MR) is 91.3 cm³/mol. The van der Waals surface area contributed by atoms with Gasteiger partial charge in [0.2, 0.25) is 5.91 Å². The van der Waals surface area contributed by atoms with E-state index in [1.165, 1.54) is 0 Å². The molecule has 0 unspecified atom stereocenters. The second-order valence-electron chi connectivity index (χ2n) is 6.90. The third-order valence-electron chi connectivity index (χ3n) is 5.67. The number of hydrogen-bond acceptors (Lipinski definition) is 3. The van der Waals surface area contributed by atoms with Crippen molar-refractivity contribution in [2.24, 2.45) is 5.41 Å². The molecule has 1 aromatic rings. The number of nitrogens with zero attached hydrogens (tertiary/aromatic N) is 1. The maximum Gasteiger partial charge on any atom is 0.254 e. The topological polar surface area (TPSA) is 58.6 Å². The molecule has 5 nitrogen and oxygen atoms in total. The van der Waals surface area contributed by atoms with Crippen molar-refractivity contribution in [3.8, 4) is 0 Å². The molecule has 1 aromatic carbocycles. The van der Waals surface area contributed by atoms with Gasteiger partial charge in [0, 0.05) is 13.1 Å². The number of carbonyl (C=O) groups excluding carboxylic acids is 2. The van der Waals surface area contributed by atoms with Gasteiger partial charge in [0.05, 0.1) is 6.04 Å². The molecular weight excluding hydrogens is 304 g/mol. The minimum Gasteiger partial charge on any atom is -0.356 e. The zero-order chi connectivity index (χ0) is 17.2. The summed E-state index contributed by atoms with van der Waals surface area (Å²) in [6.45, 7) is 5.90. The number of ether oxygens (including phenoxy) is 1. The van der Waals surface area contributed by atoms with Gasteiger partial charge in [0.25, 0.3) is 5.91 Å². The van der Waals surface area contributed by atoms with Crippen LogP contribution in [0.15, 0.2) is 30.3 Å². The van der Waals surface area contributed by atoms with Gasteiger partial charge in [0.15, 0.2) is 6.10 Å². The lowest BCUT2D eigenvalue weighted by Crippen LogP contribution is -2.53. The van der Waals surface area contributed by atoms with Crippen LogP contribution in [-0.4, -0.2) is 42.5 Å². The van der Waals surface area contributed by atoms with Gasteiger partial charge in [-0.15, -0.1) is 0 Å². The maximum atomic E-state index is 13.1. The zero-order valence-electron chi connectivity index (χ0n) is 14.5. The normalized spacial score (nSPS) is 26.2. The van der Waals surface area contributed by atoms with Crippen LogP contribution in [0.3, 0.4) is 0 Å². The Morgan fingerprint density at radius 3 is 2.62 bits per heavy atom. The number of likely N-dealkylation sites (tertiary alicyclic amines) is 1. The summed E-state index contributed by atoms with van der Waals surface area (Å²) >= 11 is 0. The Morgan fingerprint density at radius 1 is 1.29 bits per heavy atom. The van der Waals surface area contributed by atoms with E-state index >= 15 is 0 Å². The zero-order valence-corrected chi connectivity index (χ0v) is 14.5. The van der Waals surface area contributed by atoms with Crippen LogP contribution in [0, 0.1) is 5.41 Å². The monoisotopic (exact) mass is 330 g/mol. The van der Waals surface area contributed by atoms with Crippen molar-refractivity contribution in [1.82, 2.24) is 10.2 Å². The van der Waals surface area contributed by atoms with Gasteiger partial charge in [0.1, 0.15) is 6.61 Å². The van der Waals surface area contributed by atoms with Crippen LogP contribution in [0.2, 0.25) is 0 Å². The van der Waals surface area contributed by atoms with Crippen LogP contribution in [0.25, 0.3) is 0 Å². The molecule has 1 N–H and O–H groups in total. The molecule has 2 saturated heterocycles. The molecule has 0 aromatic heterocycles. The molecule has 5 heteroatoms. The molecule has 0 aliphatic carbocycles. The highest BCUT2D eigenvalue weighted by Gasteiger charge is 2.43. The Hall–Kier alpha value is -1.88. The Morgan fingerprint density at radius 2 is 2.00 bits per heavy atom. The molecule has 2 atom stereocenters. The Bertz CT molecular complexity index is 598. The highest BCUT2D eigenvalue weighted by atomic mass is 16.5. The van der Waals surface area contributed by atoms with Gasteiger partial charge >= 0.3 is 0 Å². The number of morpholine rings is 1. The number of rotatable bonds is 4. The first kappa shape index (κ1) is 17.0. The van der Waals surface area contributed by atoms with Crippen LogP contribution in [0.1, 0.15) is 44.7 Å². The van der Waals surface area contributed by atoms with Gasteiger partial charge in [-0.2, -0.15) is 0 Å². The largest absolute Gasteiger partial charge is 0.356 e. The smallest absolute Gasteiger partial charge is 0.254 e. The van der Waals surface area contributed by atoms with E-state index in [0.717, 1.165) is 37.9 Å². The number of hydrogen-bond donors (Lipinski definition) is 1. The summed E-state index contributed by atoms with van der Waals surface area (Å²) in [4.78, 5) is 26.8. The lowest BCUT2D eigenvalue weighted by Gasteiger charge is -2.34. The lowest BCUT2D eigenvalue weighted by molar-refractivity contribution is -0.154. The standard InChI is InChI=1S/C19H26N2O3/c1-3-19(4-2)10-11-21(13-19)18(23)17-16(20-15(22)12-24-17)14-8-6-5-7-9-14/h5-9,16-17H,3-4,10-13H2,1-2H3,(H,20,22)/t16-,17+/m1/s1. The Balaban J connectivity index is 1.79. The average Bonchev–Trinajstić information content (AvgIpc) is 3.07. The summed E-state index contributed by atoms with van der Waals surface area (Å²) in [7, 11) is 0. The number of carbonyl (C=O) groups is 2. The first-order valence-electron chi connectivity index (χ1n) is 8.83. The van der Waals surface area contributed by atoms with E-state index < -0.39 is 12.1 Å². The molecular formula is C19H26N2O3. The van der Waals surface area contributed by atoms with Crippen LogP contribution in [0.4, 0.5) is 0 Å². The average molecular weight is 330 g/mol.